The lowest BCUT2D eigenvalue weighted by atomic mass is 10.1. The third-order valence-electron chi connectivity index (χ3n) is 4.77. The largest absolute Gasteiger partial charge is 0.484 e. The topological polar surface area (TPSA) is 58.6 Å². The van der Waals surface area contributed by atoms with Crippen molar-refractivity contribution in [3.63, 3.8) is 0 Å². The molecule has 0 unspecified atom stereocenters. The summed E-state index contributed by atoms with van der Waals surface area (Å²) in [5.41, 5.74) is 2.80. The molecule has 0 bridgehead atoms. The molecular weight excluding hydrogens is 435 g/mol. The fourth-order valence-corrected chi connectivity index (χ4v) is 3.58. The van der Waals surface area contributed by atoms with E-state index in [1.165, 1.54) is 4.90 Å². The van der Waals surface area contributed by atoms with Gasteiger partial charge in [-0.3, -0.25) is 9.59 Å². The van der Waals surface area contributed by atoms with Gasteiger partial charge in [0.25, 0.3) is 5.91 Å². The maximum atomic E-state index is 13.1. The first-order valence-electron chi connectivity index (χ1n) is 10.3. The van der Waals surface area contributed by atoms with Crippen LogP contribution in [-0.2, 0) is 16.1 Å². The van der Waals surface area contributed by atoms with E-state index in [1.807, 2.05) is 45.9 Å². The summed E-state index contributed by atoms with van der Waals surface area (Å²) < 4.78 is 5.75. The second-order valence-electron chi connectivity index (χ2n) is 8.18. The molecule has 5 nitrogen and oxygen atoms in total. The van der Waals surface area contributed by atoms with Gasteiger partial charge in [-0.25, -0.2) is 0 Å². The van der Waals surface area contributed by atoms with Crippen LogP contribution in [0.2, 0.25) is 10.0 Å². The van der Waals surface area contributed by atoms with Crippen LogP contribution in [0.25, 0.3) is 0 Å². The van der Waals surface area contributed by atoms with E-state index in [2.05, 4.69) is 5.32 Å². The highest BCUT2D eigenvalue weighted by Crippen LogP contribution is 2.23. The van der Waals surface area contributed by atoms with Gasteiger partial charge in [-0.2, -0.15) is 0 Å². The van der Waals surface area contributed by atoms with Crippen LogP contribution in [0, 0.1) is 19.8 Å². The monoisotopic (exact) mass is 464 g/mol. The molecule has 0 spiro atoms. The number of nitrogens with zero attached hydrogens (tertiary/aromatic N) is 1. The van der Waals surface area contributed by atoms with Crippen LogP contribution in [0.4, 0.5) is 0 Å². The van der Waals surface area contributed by atoms with Crippen molar-refractivity contribution in [2.45, 2.75) is 47.2 Å². The second-order valence-corrected chi connectivity index (χ2v) is 9.03. The highest BCUT2D eigenvalue weighted by atomic mass is 35.5. The van der Waals surface area contributed by atoms with Crippen LogP contribution in [0.15, 0.2) is 36.4 Å². The number of aryl methyl sites for hydroxylation is 2. The third-order valence-corrected chi connectivity index (χ3v) is 5.35. The second kappa shape index (κ2) is 11.4. The minimum absolute atomic E-state index is 0.168. The molecule has 0 saturated carbocycles. The average Bonchev–Trinajstić information content (AvgIpc) is 2.68. The lowest BCUT2D eigenvalue weighted by Gasteiger charge is -2.29. The molecule has 2 amide bonds. The van der Waals surface area contributed by atoms with Gasteiger partial charge < -0.3 is 15.0 Å². The van der Waals surface area contributed by atoms with Gasteiger partial charge in [0.05, 0.1) is 0 Å². The van der Waals surface area contributed by atoms with Crippen molar-refractivity contribution >= 4 is 35.0 Å². The Bertz CT molecular complexity index is 911. The summed E-state index contributed by atoms with van der Waals surface area (Å²) in [4.78, 5) is 27.3. The van der Waals surface area contributed by atoms with Crippen LogP contribution < -0.4 is 10.1 Å². The summed E-state index contributed by atoms with van der Waals surface area (Å²) in [5.74, 6) is 0.391. The first kappa shape index (κ1) is 25.0. The molecule has 1 atom stereocenters. The summed E-state index contributed by atoms with van der Waals surface area (Å²) >= 11 is 12.3. The van der Waals surface area contributed by atoms with Gasteiger partial charge in [0.15, 0.2) is 6.61 Å². The van der Waals surface area contributed by atoms with E-state index in [9.17, 15) is 9.59 Å². The zero-order chi connectivity index (χ0) is 23.1. The van der Waals surface area contributed by atoms with Gasteiger partial charge in [0.2, 0.25) is 5.91 Å². The number of carbonyl (C=O) groups is 2. The Kier molecular flexibility index (Phi) is 9.20. The molecule has 0 aliphatic heterocycles. The Morgan fingerprint density at radius 2 is 1.68 bits per heavy atom. The van der Waals surface area contributed by atoms with Crippen molar-refractivity contribution in [2.75, 3.05) is 13.2 Å². The minimum atomic E-state index is -0.694. The Morgan fingerprint density at radius 1 is 1.03 bits per heavy atom. The maximum Gasteiger partial charge on any atom is 0.261 e. The van der Waals surface area contributed by atoms with E-state index >= 15 is 0 Å². The van der Waals surface area contributed by atoms with Crippen LogP contribution >= 0.6 is 23.2 Å². The van der Waals surface area contributed by atoms with Crippen molar-refractivity contribution in [1.29, 1.82) is 0 Å². The number of ether oxygens (including phenoxy) is 1. The highest BCUT2D eigenvalue weighted by molar-refractivity contribution is 6.35. The van der Waals surface area contributed by atoms with E-state index in [1.54, 1.807) is 25.1 Å². The van der Waals surface area contributed by atoms with Gasteiger partial charge in [0, 0.05) is 23.1 Å². The number of hydrogen-bond donors (Lipinski definition) is 1. The molecule has 0 aromatic heterocycles. The average molecular weight is 465 g/mol. The van der Waals surface area contributed by atoms with E-state index in [4.69, 9.17) is 27.9 Å². The zero-order valence-electron chi connectivity index (χ0n) is 18.7. The molecule has 0 aliphatic rings. The van der Waals surface area contributed by atoms with Gasteiger partial charge >= 0.3 is 0 Å². The number of amides is 2. The molecule has 7 heteroatoms. The summed E-state index contributed by atoms with van der Waals surface area (Å²) in [6, 6.07) is 10.2. The minimum Gasteiger partial charge on any atom is -0.484 e. The molecule has 31 heavy (non-hydrogen) atoms. The predicted molar refractivity (Wildman–Crippen MR) is 126 cm³/mol. The zero-order valence-corrected chi connectivity index (χ0v) is 20.2. The van der Waals surface area contributed by atoms with Crippen molar-refractivity contribution < 1.29 is 14.3 Å². The first-order valence-corrected chi connectivity index (χ1v) is 11.0. The number of nitrogens with one attached hydrogen (secondary N) is 1. The number of rotatable bonds is 9. The first-order chi connectivity index (χ1) is 14.6. The summed E-state index contributed by atoms with van der Waals surface area (Å²) in [6.07, 6.45) is 0. The van der Waals surface area contributed by atoms with Gasteiger partial charge in [-0.05, 0) is 67.6 Å². The molecule has 2 aromatic carbocycles. The summed E-state index contributed by atoms with van der Waals surface area (Å²) in [5, 5.41) is 3.83. The summed E-state index contributed by atoms with van der Waals surface area (Å²) in [6.45, 7) is 10.2. The smallest absolute Gasteiger partial charge is 0.261 e. The Hall–Kier alpha value is -2.24. The molecule has 0 radical (unpaired) electrons. The number of hydrogen-bond acceptors (Lipinski definition) is 3. The Balaban J connectivity index is 2.20. The normalized spacial score (nSPS) is 11.9. The number of benzene rings is 2. The van der Waals surface area contributed by atoms with E-state index in [0.29, 0.717) is 33.8 Å². The van der Waals surface area contributed by atoms with Gasteiger partial charge in [-0.15, -0.1) is 0 Å². The van der Waals surface area contributed by atoms with E-state index < -0.39 is 6.04 Å². The van der Waals surface area contributed by atoms with Crippen LogP contribution in [0.3, 0.4) is 0 Å². The van der Waals surface area contributed by atoms with Crippen molar-refractivity contribution in [2.24, 2.45) is 5.92 Å². The van der Waals surface area contributed by atoms with Crippen molar-refractivity contribution in [3.05, 3.63) is 63.1 Å². The Morgan fingerprint density at radius 3 is 2.26 bits per heavy atom. The number of carbonyl (C=O) groups excluding carboxylic acids is 2. The van der Waals surface area contributed by atoms with Crippen molar-refractivity contribution in [1.82, 2.24) is 10.2 Å². The fourth-order valence-electron chi connectivity index (χ4n) is 3.11. The van der Waals surface area contributed by atoms with E-state index in [-0.39, 0.29) is 25.0 Å². The maximum absolute atomic E-state index is 13.1. The predicted octanol–water partition coefficient (Wildman–Crippen LogP) is 5.18. The Labute approximate surface area is 194 Å². The quantitative estimate of drug-likeness (QED) is 0.555. The van der Waals surface area contributed by atoms with Crippen LogP contribution in [-0.4, -0.2) is 35.9 Å². The van der Waals surface area contributed by atoms with Crippen LogP contribution in [0.5, 0.6) is 5.75 Å². The molecule has 0 heterocycles. The molecule has 0 aliphatic carbocycles. The van der Waals surface area contributed by atoms with Crippen molar-refractivity contribution in [3.8, 4) is 5.75 Å². The molecular formula is C24H30Cl2N2O3. The lowest BCUT2D eigenvalue weighted by molar-refractivity contribution is -0.142. The summed E-state index contributed by atoms with van der Waals surface area (Å²) in [7, 11) is 0. The lowest BCUT2D eigenvalue weighted by Crippen LogP contribution is -2.49. The third kappa shape index (κ3) is 7.75. The molecule has 0 fully saturated rings. The SMILES string of the molecule is Cc1cc(C)cc(OCC(=O)N(Cc2ccc(Cl)cc2Cl)[C@@H](C)C(=O)NCC(C)C)c1. The van der Waals surface area contributed by atoms with Gasteiger partial charge in [-0.1, -0.05) is 49.2 Å². The standard InChI is InChI=1S/C24H30Cl2N2O3/c1-15(2)12-27-24(30)18(5)28(13-19-6-7-20(25)11-22(19)26)23(29)14-31-21-9-16(3)8-17(4)10-21/h6-11,15,18H,12-14H2,1-5H3,(H,27,30)/t18-/m0/s1. The molecule has 0 saturated heterocycles. The van der Waals surface area contributed by atoms with Gasteiger partial charge in [0.1, 0.15) is 11.8 Å². The highest BCUT2D eigenvalue weighted by Gasteiger charge is 2.27. The van der Waals surface area contributed by atoms with Crippen LogP contribution in [0.1, 0.15) is 37.5 Å². The number of halogens is 2. The fraction of sp³-hybridized carbons (Fsp3) is 0.417. The molecule has 168 valence electrons. The van der Waals surface area contributed by atoms with E-state index in [0.717, 1.165) is 11.1 Å². The molecule has 1 N–H and O–H groups in total. The molecule has 2 aromatic rings. The molecule has 2 rings (SSSR count).